The minimum atomic E-state index is -1.24. The third-order valence-electron chi connectivity index (χ3n) is 6.59. The van der Waals surface area contributed by atoms with Gasteiger partial charge < -0.3 is 24.4 Å². The number of ether oxygens (including phenoxy) is 3. The van der Waals surface area contributed by atoms with Gasteiger partial charge in [-0.05, 0) is 38.5 Å². The quantitative estimate of drug-likeness (QED) is 0.214. The van der Waals surface area contributed by atoms with Gasteiger partial charge in [-0.25, -0.2) is 24.1 Å². The van der Waals surface area contributed by atoms with Gasteiger partial charge in [-0.15, -0.1) is 11.3 Å². The molecule has 0 fully saturated rings. The SMILES string of the molecule is COc1cnc2c(-c3nc4cc(F)c(OC(C)C(C)N(C(=O)O)c5cncc(OCCO)c5)cc4s3)cc(C)cc2n1. The molecule has 2 aromatic carbocycles. The fourth-order valence-electron chi connectivity index (χ4n) is 4.45. The predicted octanol–water partition coefficient (Wildman–Crippen LogP) is 5.47. The number of benzene rings is 2. The van der Waals surface area contributed by atoms with Crippen LogP contribution in [-0.2, 0) is 0 Å². The van der Waals surface area contributed by atoms with Crippen LogP contribution in [0.3, 0.4) is 0 Å². The zero-order chi connectivity index (χ0) is 30.0. The average molecular weight is 594 g/mol. The second kappa shape index (κ2) is 12.1. The van der Waals surface area contributed by atoms with Crippen molar-refractivity contribution in [2.24, 2.45) is 0 Å². The standard InChI is InChI=1S/C29H28FN5O6S/c1-15-7-20(27-23(8-15)33-26(39-4)14-32-27)28-34-22-10-21(30)24(11-25(22)42-28)41-17(3)16(2)35(29(37)38)18-9-19(13-31-12-18)40-6-5-36/h7-14,16-17,36H,5-6H2,1-4H3,(H,37,38). The van der Waals surface area contributed by atoms with Crippen LogP contribution in [0.2, 0.25) is 0 Å². The van der Waals surface area contributed by atoms with Crippen LogP contribution in [0.4, 0.5) is 14.9 Å². The van der Waals surface area contributed by atoms with E-state index in [2.05, 4.69) is 19.9 Å². The summed E-state index contributed by atoms with van der Waals surface area (Å²) in [6.45, 7) is 5.10. The van der Waals surface area contributed by atoms with Gasteiger partial charge >= 0.3 is 6.09 Å². The van der Waals surface area contributed by atoms with E-state index in [1.165, 1.54) is 49.2 Å². The lowest BCUT2D eigenvalue weighted by molar-refractivity contribution is 0.166. The number of nitrogens with zero attached hydrogens (tertiary/aromatic N) is 5. The summed E-state index contributed by atoms with van der Waals surface area (Å²) in [4.78, 5) is 31.0. The van der Waals surface area contributed by atoms with E-state index >= 15 is 4.39 Å². The molecule has 0 spiro atoms. The lowest BCUT2D eigenvalue weighted by Crippen LogP contribution is -2.46. The van der Waals surface area contributed by atoms with Gasteiger partial charge in [0.15, 0.2) is 11.6 Å². The maximum atomic E-state index is 15.2. The van der Waals surface area contributed by atoms with Gasteiger partial charge in [-0.3, -0.25) is 9.88 Å². The van der Waals surface area contributed by atoms with Crippen molar-refractivity contribution in [3.63, 3.8) is 0 Å². The van der Waals surface area contributed by atoms with Crippen LogP contribution in [0, 0.1) is 12.7 Å². The number of carboxylic acid groups (broad SMARTS) is 1. The van der Waals surface area contributed by atoms with Crippen LogP contribution >= 0.6 is 11.3 Å². The van der Waals surface area contributed by atoms with Crippen molar-refractivity contribution < 1.29 is 33.6 Å². The molecule has 3 aromatic heterocycles. The van der Waals surface area contributed by atoms with Crippen molar-refractivity contribution in [2.75, 3.05) is 25.2 Å². The lowest BCUT2D eigenvalue weighted by Gasteiger charge is -2.31. The molecule has 1 amide bonds. The molecule has 13 heteroatoms. The van der Waals surface area contributed by atoms with Crippen molar-refractivity contribution >= 4 is 44.4 Å². The highest BCUT2D eigenvalue weighted by atomic mass is 32.1. The molecule has 42 heavy (non-hydrogen) atoms. The summed E-state index contributed by atoms with van der Waals surface area (Å²) in [5.74, 6) is 0.0488. The normalized spacial score (nSPS) is 12.7. The summed E-state index contributed by atoms with van der Waals surface area (Å²) in [7, 11) is 1.53. The van der Waals surface area contributed by atoms with E-state index in [-0.39, 0.29) is 24.7 Å². The highest BCUT2D eigenvalue weighted by Crippen LogP contribution is 2.37. The maximum absolute atomic E-state index is 15.2. The largest absolute Gasteiger partial charge is 0.490 e. The zero-order valence-corrected chi connectivity index (χ0v) is 24.1. The van der Waals surface area contributed by atoms with E-state index < -0.39 is 24.1 Å². The minimum Gasteiger partial charge on any atom is -0.490 e. The van der Waals surface area contributed by atoms with Gasteiger partial charge in [0.05, 0.1) is 65.3 Å². The predicted molar refractivity (Wildman–Crippen MR) is 156 cm³/mol. The number of fused-ring (bicyclic) bond motifs is 2. The van der Waals surface area contributed by atoms with E-state index in [4.69, 9.17) is 19.3 Å². The third-order valence-corrected chi connectivity index (χ3v) is 7.64. The molecule has 0 aliphatic heterocycles. The summed E-state index contributed by atoms with van der Waals surface area (Å²) in [6.07, 6.45) is 2.34. The Kier molecular flexibility index (Phi) is 8.31. The van der Waals surface area contributed by atoms with Gasteiger partial charge in [0.1, 0.15) is 23.5 Å². The monoisotopic (exact) mass is 593 g/mol. The van der Waals surface area contributed by atoms with Crippen LogP contribution in [0.15, 0.2) is 48.9 Å². The first kappa shape index (κ1) is 28.9. The first-order valence-electron chi connectivity index (χ1n) is 13.0. The van der Waals surface area contributed by atoms with Crippen LogP contribution in [0.1, 0.15) is 19.4 Å². The molecule has 5 rings (SSSR count). The number of aliphatic hydroxyl groups excluding tert-OH is 1. The molecule has 0 aliphatic rings. The Bertz CT molecular complexity index is 1770. The molecule has 2 unspecified atom stereocenters. The number of halogens is 1. The number of hydrogen-bond acceptors (Lipinski definition) is 10. The molecule has 0 saturated carbocycles. The van der Waals surface area contributed by atoms with E-state index in [1.54, 1.807) is 19.9 Å². The molecular weight excluding hydrogens is 565 g/mol. The minimum absolute atomic E-state index is 0.0285. The number of methoxy groups -OCH3 is 1. The van der Waals surface area contributed by atoms with Crippen LogP contribution in [-0.4, -0.2) is 68.7 Å². The Labute approximate surface area is 244 Å². The molecule has 2 N–H and O–H groups in total. The molecule has 11 nitrogen and oxygen atoms in total. The fraction of sp³-hybridized carbons (Fsp3) is 0.276. The van der Waals surface area contributed by atoms with Crippen LogP contribution in [0.5, 0.6) is 17.4 Å². The lowest BCUT2D eigenvalue weighted by atomic mass is 10.1. The Morgan fingerprint density at radius 1 is 1.10 bits per heavy atom. The summed E-state index contributed by atoms with van der Waals surface area (Å²) in [5, 5.41) is 19.6. The number of carbonyl (C=O) groups is 1. The molecule has 0 aliphatic carbocycles. The van der Waals surface area contributed by atoms with Gasteiger partial charge in [-0.1, -0.05) is 0 Å². The number of aromatic nitrogens is 4. The van der Waals surface area contributed by atoms with E-state index in [0.29, 0.717) is 37.9 Å². The van der Waals surface area contributed by atoms with Crippen molar-refractivity contribution in [3.8, 4) is 28.0 Å². The Morgan fingerprint density at radius 3 is 2.64 bits per heavy atom. The second-order valence-corrected chi connectivity index (χ2v) is 10.6. The number of amides is 1. The number of rotatable bonds is 10. The van der Waals surface area contributed by atoms with E-state index in [1.807, 2.05) is 19.1 Å². The third kappa shape index (κ3) is 5.87. The van der Waals surface area contributed by atoms with Gasteiger partial charge in [0.2, 0.25) is 5.88 Å². The highest BCUT2D eigenvalue weighted by Gasteiger charge is 2.29. The van der Waals surface area contributed by atoms with Gasteiger partial charge in [0.25, 0.3) is 0 Å². The zero-order valence-electron chi connectivity index (χ0n) is 23.2. The summed E-state index contributed by atoms with van der Waals surface area (Å²) >= 11 is 1.36. The van der Waals surface area contributed by atoms with Crippen molar-refractivity contribution in [1.82, 2.24) is 19.9 Å². The first-order chi connectivity index (χ1) is 20.2. The Balaban J connectivity index is 1.43. The van der Waals surface area contributed by atoms with E-state index in [0.717, 1.165) is 16.0 Å². The molecule has 0 bridgehead atoms. The Morgan fingerprint density at radius 2 is 1.90 bits per heavy atom. The fourth-order valence-corrected chi connectivity index (χ4v) is 5.45. The number of anilines is 1. The number of aryl methyl sites for hydroxylation is 1. The summed E-state index contributed by atoms with van der Waals surface area (Å²) in [6, 6.07) is 7.50. The summed E-state index contributed by atoms with van der Waals surface area (Å²) in [5.41, 5.74) is 3.73. The molecular formula is C29H28FN5O6S. The van der Waals surface area contributed by atoms with Crippen molar-refractivity contribution in [1.29, 1.82) is 0 Å². The molecule has 218 valence electrons. The average Bonchev–Trinajstić information content (AvgIpc) is 3.37. The van der Waals surface area contributed by atoms with Crippen molar-refractivity contribution in [3.05, 3.63) is 60.3 Å². The first-order valence-corrected chi connectivity index (χ1v) is 13.8. The highest BCUT2D eigenvalue weighted by molar-refractivity contribution is 7.21. The van der Waals surface area contributed by atoms with Crippen LogP contribution in [0.25, 0.3) is 31.8 Å². The second-order valence-electron chi connectivity index (χ2n) is 9.53. The number of pyridine rings is 1. The molecule has 0 saturated heterocycles. The maximum Gasteiger partial charge on any atom is 0.412 e. The topological polar surface area (TPSA) is 140 Å². The molecule has 0 radical (unpaired) electrons. The van der Waals surface area contributed by atoms with E-state index in [9.17, 15) is 9.90 Å². The van der Waals surface area contributed by atoms with Crippen LogP contribution < -0.4 is 19.1 Å². The Hall–Kier alpha value is -4.62. The molecule has 3 heterocycles. The van der Waals surface area contributed by atoms with Gasteiger partial charge in [-0.2, -0.15) is 0 Å². The number of hydrogen-bond donors (Lipinski definition) is 2. The molecule has 5 aromatic rings. The van der Waals surface area contributed by atoms with Crippen molar-refractivity contribution in [2.45, 2.75) is 32.9 Å². The number of thiazole rings is 1. The van der Waals surface area contributed by atoms with Gasteiger partial charge in [0, 0.05) is 23.8 Å². The summed E-state index contributed by atoms with van der Waals surface area (Å²) < 4.78 is 32.5. The number of aliphatic hydroxyl groups is 1. The smallest absolute Gasteiger partial charge is 0.412 e. The molecule has 2 atom stereocenters.